The van der Waals surface area contributed by atoms with Crippen molar-refractivity contribution in [3.05, 3.63) is 35.5 Å². The van der Waals surface area contributed by atoms with Crippen LogP contribution in [0.25, 0.3) is 0 Å². The Morgan fingerprint density at radius 3 is 2.75 bits per heavy atom. The van der Waals surface area contributed by atoms with E-state index in [0.717, 1.165) is 29.5 Å². The molecule has 5 heteroatoms. The van der Waals surface area contributed by atoms with Crippen molar-refractivity contribution in [2.75, 3.05) is 11.9 Å². The minimum Gasteiger partial charge on any atom is -0.469 e. The average molecular weight is 275 g/mol. The third-order valence-corrected chi connectivity index (χ3v) is 2.91. The minimum absolute atomic E-state index is 0.249. The van der Waals surface area contributed by atoms with Gasteiger partial charge in [-0.15, -0.1) is 0 Å². The van der Waals surface area contributed by atoms with E-state index in [-0.39, 0.29) is 5.92 Å². The van der Waals surface area contributed by atoms with Gasteiger partial charge in [0.1, 0.15) is 24.0 Å². The molecule has 0 unspecified atom stereocenters. The van der Waals surface area contributed by atoms with E-state index in [1.807, 2.05) is 26.0 Å². The van der Waals surface area contributed by atoms with E-state index in [1.165, 1.54) is 0 Å². The second-order valence-corrected chi connectivity index (χ2v) is 4.91. The molecule has 20 heavy (non-hydrogen) atoms. The van der Waals surface area contributed by atoms with E-state index in [2.05, 4.69) is 29.1 Å². The maximum atomic E-state index is 5.77. The largest absolute Gasteiger partial charge is 0.469 e. The highest BCUT2D eigenvalue weighted by molar-refractivity contribution is 5.48. The van der Waals surface area contributed by atoms with Crippen molar-refractivity contribution in [3.8, 4) is 5.88 Å². The lowest BCUT2D eigenvalue weighted by molar-refractivity contribution is 0.257. The van der Waals surface area contributed by atoms with E-state index in [9.17, 15) is 0 Å². The van der Waals surface area contributed by atoms with Gasteiger partial charge in [-0.1, -0.05) is 13.8 Å². The van der Waals surface area contributed by atoms with Gasteiger partial charge in [0.15, 0.2) is 0 Å². The van der Waals surface area contributed by atoms with E-state index in [0.29, 0.717) is 12.5 Å². The van der Waals surface area contributed by atoms with Crippen molar-refractivity contribution < 1.29 is 9.15 Å². The fourth-order valence-corrected chi connectivity index (χ4v) is 1.79. The van der Waals surface area contributed by atoms with Gasteiger partial charge in [0.25, 0.3) is 0 Å². The predicted octanol–water partition coefficient (Wildman–Crippen LogP) is 3.51. The Balaban J connectivity index is 2.25. The summed E-state index contributed by atoms with van der Waals surface area (Å²) in [5, 5.41) is 3.25. The number of nitrogens with one attached hydrogen (secondary N) is 1. The third-order valence-electron chi connectivity index (χ3n) is 2.91. The molecule has 0 aliphatic carbocycles. The molecule has 0 amide bonds. The maximum Gasteiger partial charge on any atom is 0.222 e. The number of hydrogen-bond acceptors (Lipinski definition) is 5. The molecule has 2 aromatic heterocycles. The zero-order chi connectivity index (χ0) is 14.5. The molecule has 5 nitrogen and oxygen atoms in total. The van der Waals surface area contributed by atoms with Crippen LogP contribution in [-0.4, -0.2) is 16.5 Å². The van der Waals surface area contributed by atoms with Crippen LogP contribution in [-0.2, 0) is 6.61 Å². The average Bonchev–Trinajstić information content (AvgIpc) is 2.92. The quantitative estimate of drug-likeness (QED) is 0.874. The van der Waals surface area contributed by atoms with E-state index >= 15 is 0 Å². The molecular weight excluding hydrogens is 254 g/mol. The number of ether oxygens (including phenoxy) is 1. The highest BCUT2D eigenvalue weighted by atomic mass is 16.5. The standard InChI is InChI=1S/C15H21N3O2/c1-5-16-14-11(4)15(18-13(17-14)10(2)3)20-9-12-7-6-8-19-12/h6-8,10H,5,9H2,1-4H3,(H,16,17,18). The van der Waals surface area contributed by atoms with Crippen molar-refractivity contribution in [3.63, 3.8) is 0 Å². The van der Waals surface area contributed by atoms with Gasteiger partial charge in [-0.05, 0) is 26.0 Å². The molecular formula is C15H21N3O2. The summed E-state index contributed by atoms with van der Waals surface area (Å²) in [7, 11) is 0. The molecule has 1 N–H and O–H groups in total. The second-order valence-electron chi connectivity index (χ2n) is 4.91. The first-order valence-corrected chi connectivity index (χ1v) is 6.89. The van der Waals surface area contributed by atoms with Gasteiger partial charge >= 0.3 is 0 Å². The molecule has 0 fully saturated rings. The molecule has 2 aromatic rings. The van der Waals surface area contributed by atoms with E-state index < -0.39 is 0 Å². The highest BCUT2D eigenvalue weighted by Crippen LogP contribution is 2.25. The summed E-state index contributed by atoms with van der Waals surface area (Å²) >= 11 is 0. The number of anilines is 1. The van der Waals surface area contributed by atoms with Crippen LogP contribution in [0.4, 0.5) is 5.82 Å². The number of hydrogen-bond donors (Lipinski definition) is 1. The topological polar surface area (TPSA) is 60.2 Å². The van der Waals surface area contributed by atoms with E-state index in [1.54, 1.807) is 6.26 Å². The van der Waals surface area contributed by atoms with Gasteiger partial charge < -0.3 is 14.5 Å². The summed E-state index contributed by atoms with van der Waals surface area (Å²) in [6, 6.07) is 3.72. The van der Waals surface area contributed by atoms with Crippen LogP contribution in [0, 0.1) is 6.92 Å². The number of rotatable bonds is 6. The molecule has 0 saturated carbocycles. The van der Waals surface area contributed by atoms with Crippen molar-refractivity contribution in [2.24, 2.45) is 0 Å². The molecule has 2 rings (SSSR count). The molecule has 0 bridgehead atoms. The first kappa shape index (κ1) is 14.4. The number of aromatic nitrogens is 2. The zero-order valence-corrected chi connectivity index (χ0v) is 12.4. The van der Waals surface area contributed by atoms with Gasteiger partial charge in [-0.2, -0.15) is 4.98 Å². The summed E-state index contributed by atoms with van der Waals surface area (Å²) in [5.74, 6) is 3.25. The van der Waals surface area contributed by atoms with Crippen LogP contribution < -0.4 is 10.1 Å². The van der Waals surface area contributed by atoms with Gasteiger partial charge in [0.2, 0.25) is 5.88 Å². The van der Waals surface area contributed by atoms with Gasteiger partial charge in [-0.3, -0.25) is 0 Å². The summed E-state index contributed by atoms with van der Waals surface area (Å²) in [4.78, 5) is 9.04. The molecule has 0 aliphatic heterocycles. The van der Waals surface area contributed by atoms with Crippen LogP contribution in [0.5, 0.6) is 5.88 Å². The lowest BCUT2D eigenvalue weighted by atomic mass is 10.2. The van der Waals surface area contributed by atoms with Crippen LogP contribution >= 0.6 is 0 Å². The molecule has 0 spiro atoms. The first-order chi connectivity index (χ1) is 9.61. The Hall–Kier alpha value is -2.04. The predicted molar refractivity (Wildman–Crippen MR) is 78.1 cm³/mol. The lowest BCUT2D eigenvalue weighted by Gasteiger charge is -2.14. The van der Waals surface area contributed by atoms with E-state index in [4.69, 9.17) is 9.15 Å². The van der Waals surface area contributed by atoms with Crippen molar-refractivity contribution in [1.29, 1.82) is 0 Å². The van der Waals surface area contributed by atoms with Crippen LogP contribution in [0.15, 0.2) is 22.8 Å². The molecule has 0 radical (unpaired) electrons. The summed E-state index contributed by atoms with van der Waals surface area (Å²) in [6.07, 6.45) is 1.63. The second kappa shape index (κ2) is 6.41. The van der Waals surface area contributed by atoms with Gasteiger partial charge in [0.05, 0.1) is 11.8 Å². The fraction of sp³-hybridized carbons (Fsp3) is 0.467. The van der Waals surface area contributed by atoms with Crippen LogP contribution in [0.2, 0.25) is 0 Å². The lowest BCUT2D eigenvalue weighted by Crippen LogP contribution is -2.10. The molecule has 0 aromatic carbocycles. The zero-order valence-electron chi connectivity index (χ0n) is 12.4. The van der Waals surface area contributed by atoms with Crippen molar-refractivity contribution >= 4 is 5.82 Å². The van der Waals surface area contributed by atoms with Crippen LogP contribution in [0.1, 0.15) is 43.8 Å². The fourth-order valence-electron chi connectivity index (χ4n) is 1.79. The van der Waals surface area contributed by atoms with Crippen molar-refractivity contribution in [2.45, 2.75) is 40.2 Å². The normalized spacial score (nSPS) is 10.8. The van der Waals surface area contributed by atoms with Crippen molar-refractivity contribution in [1.82, 2.24) is 9.97 Å². The number of furan rings is 1. The maximum absolute atomic E-state index is 5.77. The SMILES string of the molecule is CCNc1nc(C(C)C)nc(OCc2ccco2)c1C. The monoisotopic (exact) mass is 275 g/mol. The molecule has 108 valence electrons. The first-order valence-electron chi connectivity index (χ1n) is 6.89. The Bertz CT molecular complexity index is 550. The summed E-state index contributed by atoms with van der Waals surface area (Å²) < 4.78 is 11.0. The smallest absolute Gasteiger partial charge is 0.222 e. The number of nitrogens with zero attached hydrogens (tertiary/aromatic N) is 2. The Morgan fingerprint density at radius 2 is 2.15 bits per heavy atom. The Labute approximate surface area is 119 Å². The summed E-state index contributed by atoms with van der Waals surface area (Å²) in [6.45, 7) is 9.31. The third kappa shape index (κ3) is 3.29. The van der Waals surface area contributed by atoms with Gasteiger partial charge in [-0.25, -0.2) is 4.98 Å². The Morgan fingerprint density at radius 1 is 1.35 bits per heavy atom. The molecule has 2 heterocycles. The minimum atomic E-state index is 0.249. The van der Waals surface area contributed by atoms with Crippen LogP contribution in [0.3, 0.4) is 0 Å². The highest BCUT2D eigenvalue weighted by Gasteiger charge is 2.14. The molecule has 0 saturated heterocycles. The molecule has 0 aliphatic rings. The van der Waals surface area contributed by atoms with Gasteiger partial charge in [0, 0.05) is 12.5 Å². The summed E-state index contributed by atoms with van der Waals surface area (Å²) in [5.41, 5.74) is 0.919. The molecule has 0 atom stereocenters. The Kier molecular flexibility index (Phi) is 4.61.